The maximum Gasteiger partial charge on any atom is 0.337 e. The van der Waals surface area contributed by atoms with Crippen LogP contribution in [0.4, 0.5) is 8.78 Å². The second-order valence-corrected chi connectivity index (χ2v) is 17.0. The van der Waals surface area contributed by atoms with Crippen molar-refractivity contribution in [3.63, 3.8) is 0 Å². The number of ether oxygens (including phenoxy) is 5. The number of benzene rings is 4. The molecule has 0 unspecified atom stereocenters. The molecule has 374 valence electrons. The molecule has 0 bridgehead atoms. The number of aromatic nitrogens is 7. The van der Waals surface area contributed by atoms with Gasteiger partial charge in [-0.25, -0.2) is 38.3 Å². The molecule has 73 heavy (non-hydrogen) atoms. The number of esters is 2. The predicted molar refractivity (Wildman–Crippen MR) is 272 cm³/mol. The Kier molecular flexibility index (Phi) is 16.4. The fourth-order valence-corrected chi connectivity index (χ4v) is 8.31. The van der Waals surface area contributed by atoms with Crippen molar-refractivity contribution in [1.82, 2.24) is 33.6 Å². The van der Waals surface area contributed by atoms with Gasteiger partial charge < -0.3 is 37.4 Å². The zero-order chi connectivity index (χ0) is 51.6. The Hall–Kier alpha value is -8.12. The highest BCUT2D eigenvalue weighted by Gasteiger charge is 2.19. The summed E-state index contributed by atoms with van der Waals surface area (Å²) in [6.07, 6.45) is 2.20. The molecule has 4 aromatic carbocycles. The summed E-state index contributed by atoms with van der Waals surface area (Å²) in [5.74, 6) is 0.0222. The SMILES string of the molecule is COCCn1c(Cc2ccc(-c3cccc(Cl)n3)cc2F)nc2ccc(C(=O)OC)cc21.COCCn1c(Cc2ccc(-c3cccc(OCc4cccn(C)c4=O)n3)cc2F)nc2ccc(C(=O)OC)cc21. The van der Waals surface area contributed by atoms with E-state index in [4.69, 9.17) is 40.3 Å². The monoisotopic (exact) mass is 1010 g/mol. The van der Waals surface area contributed by atoms with Crippen molar-refractivity contribution < 1.29 is 42.1 Å². The fourth-order valence-electron chi connectivity index (χ4n) is 8.15. The van der Waals surface area contributed by atoms with E-state index < -0.39 is 17.8 Å². The summed E-state index contributed by atoms with van der Waals surface area (Å²) in [5, 5.41) is 0.352. The number of carbonyl (C=O) groups is 2. The third kappa shape index (κ3) is 12.0. The van der Waals surface area contributed by atoms with E-state index in [2.05, 4.69) is 15.0 Å². The van der Waals surface area contributed by atoms with Gasteiger partial charge in [-0.05, 0) is 90.0 Å². The van der Waals surface area contributed by atoms with Crippen LogP contribution in [-0.4, -0.2) is 87.2 Å². The van der Waals surface area contributed by atoms with Gasteiger partial charge >= 0.3 is 11.9 Å². The molecule has 0 aliphatic carbocycles. The number of methoxy groups -OCH3 is 4. The molecule has 0 saturated heterocycles. The zero-order valence-electron chi connectivity index (χ0n) is 40.6. The van der Waals surface area contributed by atoms with E-state index in [0.29, 0.717) is 110 Å². The Morgan fingerprint density at radius 1 is 0.589 bits per heavy atom. The van der Waals surface area contributed by atoms with Gasteiger partial charge in [-0.3, -0.25) is 4.79 Å². The van der Waals surface area contributed by atoms with Crippen molar-refractivity contribution in [2.24, 2.45) is 7.05 Å². The van der Waals surface area contributed by atoms with Crippen LogP contribution in [0.1, 0.15) is 49.1 Å². The number of halogens is 3. The van der Waals surface area contributed by atoms with Crippen molar-refractivity contribution in [3.8, 4) is 28.4 Å². The Bertz CT molecular complexity index is 3520. The lowest BCUT2D eigenvalue weighted by molar-refractivity contribution is 0.0592. The first kappa shape index (κ1) is 51.2. The lowest BCUT2D eigenvalue weighted by Crippen LogP contribution is -2.21. The Labute approximate surface area is 423 Å². The summed E-state index contributed by atoms with van der Waals surface area (Å²) in [6, 6.07) is 34.2. The highest BCUT2D eigenvalue weighted by atomic mass is 35.5. The van der Waals surface area contributed by atoms with Crippen molar-refractivity contribution in [2.45, 2.75) is 32.5 Å². The number of imidazole rings is 2. The number of carbonyl (C=O) groups excluding carboxylic acids is 2. The lowest BCUT2D eigenvalue weighted by atomic mass is 10.1. The van der Waals surface area contributed by atoms with E-state index in [1.54, 1.807) is 131 Å². The molecule has 0 atom stereocenters. The minimum atomic E-state index is -0.443. The summed E-state index contributed by atoms with van der Waals surface area (Å²) >= 11 is 5.96. The van der Waals surface area contributed by atoms with E-state index in [-0.39, 0.29) is 30.8 Å². The molecule has 0 aliphatic rings. The van der Waals surface area contributed by atoms with Crippen LogP contribution < -0.4 is 10.3 Å². The third-order valence-corrected chi connectivity index (χ3v) is 12.2. The van der Waals surface area contributed by atoms with Gasteiger partial charge in [-0.1, -0.05) is 48.0 Å². The molecule has 0 aliphatic heterocycles. The largest absolute Gasteiger partial charge is 0.473 e. The normalized spacial score (nSPS) is 11.1. The predicted octanol–water partition coefficient (Wildman–Crippen LogP) is 9.45. The van der Waals surface area contributed by atoms with Gasteiger partial charge in [-0.15, -0.1) is 0 Å². The molecule has 18 heteroatoms. The molecule has 0 spiro atoms. The van der Waals surface area contributed by atoms with E-state index in [9.17, 15) is 18.8 Å². The molecule has 0 saturated carbocycles. The van der Waals surface area contributed by atoms with Crippen LogP contribution >= 0.6 is 11.6 Å². The molecule has 5 heterocycles. The second-order valence-electron chi connectivity index (χ2n) is 16.6. The van der Waals surface area contributed by atoms with E-state index in [0.717, 1.165) is 11.0 Å². The molecular weight excluding hydrogens is 960 g/mol. The van der Waals surface area contributed by atoms with Crippen LogP contribution in [0.25, 0.3) is 44.6 Å². The van der Waals surface area contributed by atoms with Gasteiger partial charge in [0.25, 0.3) is 5.56 Å². The smallest absolute Gasteiger partial charge is 0.337 e. The van der Waals surface area contributed by atoms with Crippen molar-refractivity contribution in [3.05, 3.63) is 194 Å². The van der Waals surface area contributed by atoms with E-state index >= 15 is 4.39 Å². The van der Waals surface area contributed by atoms with Gasteiger partial charge in [-0.2, -0.15) is 0 Å². The maximum atomic E-state index is 15.4. The number of hydrogen-bond donors (Lipinski definition) is 0. The van der Waals surface area contributed by atoms with Crippen molar-refractivity contribution in [1.29, 1.82) is 0 Å². The molecule has 0 amide bonds. The Morgan fingerprint density at radius 3 is 1.60 bits per heavy atom. The minimum absolute atomic E-state index is 0.0719. The molecule has 0 fully saturated rings. The highest BCUT2D eigenvalue weighted by molar-refractivity contribution is 6.29. The van der Waals surface area contributed by atoms with Crippen molar-refractivity contribution >= 4 is 45.6 Å². The fraction of sp³-hybridized carbons (Fsp3) is 0.218. The topological polar surface area (TPSA) is 164 Å². The first-order valence-corrected chi connectivity index (χ1v) is 23.3. The number of pyridine rings is 3. The molecule has 0 radical (unpaired) electrons. The summed E-state index contributed by atoms with van der Waals surface area (Å²) in [7, 11) is 7.57. The van der Waals surface area contributed by atoms with Crippen molar-refractivity contribution in [2.75, 3.05) is 41.7 Å². The van der Waals surface area contributed by atoms with Crippen LogP contribution in [0.3, 0.4) is 0 Å². The lowest BCUT2D eigenvalue weighted by Gasteiger charge is -2.11. The molecule has 9 aromatic rings. The Balaban J connectivity index is 0.000000201. The van der Waals surface area contributed by atoms with Gasteiger partial charge in [0.15, 0.2) is 0 Å². The van der Waals surface area contributed by atoms with E-state index in [1.165, 1.54) is 30.9 Å². The Morgan fingerprint density at radius 2 is 1.11 bits per heavy atom. The summed E-state index contributed by atoms with van der Waals surface area (Å²) in [5.41, 5.74) is 7.44. The molecule has 5 aromatic heterocycles. The number of hydrogen-bond acceptors (Lipinski definition) is 12. The first-order valence-electron chi connectivity index (χ1n) is 22.9. The third-order valence-electron chi connectivity index (χ3n) is 11.9. The number of rotatable bonds is 17. The van der Waals surface area contributed by atoms with E-state index in [1.807, 2.05) is 15.2 Å². The van der Waals surface area contributed by atoms with Crippen LogP contribution in [0.15, 0.2) is 132 Å². The average Bonchev–Trinajstić information content (AvgIpc) is 3.93. The standard InChI is InChI=1S/C31H29FN4O5.C24H21ClFN3O3/c1-35-13-5-6-23(30(35)37)19-41-29-8-4-7-25(34-29)21-10-9-20(24(32)16-21)18-28-33-26-12-11-22(31(38)40-3)17-27(26)36(28)14-15-39-2;1-31-11-10-29-21-13-17(24(30)32-2)8-9-20(21)28-23(29)14-15-6-7-16(12-18(15)26)19-4-3-5-22(25)27-19/h4-13,16-17H,14-15,18-19H2,1-3H3;3-9,12-13H,10-11,14H2,1-2H3. The van der Waals surface area contributed by atoms with Gasteiger partial charge in [0.1, 0.15) is 35.0 Å². The summed E-state index contributed by atoms with van der Waals surface area (Å²) in [6.45, 7) is 1.94. The van der Waals surface area contributed by atoms with Gasteiger partial charge in [0.2, 0.25) is 5.88 Å². The number of aryl methyl sites for hydroxylation is 1. The number of fused-ring (bicyclic) bond motifs is 2. The number of nitrogens with zero attached hydrogens (tertiary/aromatic N) is 7. The molecular formula is C55H50ClF2N7O8. The van der Waals surface area contributed by atoms with Gasteiger partial charge in [0.05, 0.1) is 77.6 Å². The zero-order valence-corrected chi connectivity index (χ0v) is 41.4. The van der Waals surface area contributed by atoms with Crippen LogP contribution in [0, 0.1) is 11.6 Å². The highest BCUT2D eigenvalue weighted by Crippen LogP contribution is 2.28. The summed E-state index contributed by atoms with van der Waals surface area (Å²) < 4.78 is 61.7. The first-order chi connectivity index (χ1) is 35.4. The maximum absolute atomic E-state index is 15.4. The van der Waals surface area contributed by atoms with Crippen LogP contribution in [0.2, 0.25) is 5.15 Å². The average molecular weight is 1010 g/mol. The molecule has 0 N–H and O–H groups in total. The minimum Gasteiger partial charge on any atom is -0.473 e. The second kappa shape index (κ2) is 23.4. The quantitative estimate of drug-likeness (QED) is 0.0628. The summed E-state index contributed by atoms with van der Waals surface area (Å²) in [4.78, 5) is 54.4. The van der Waals surface area contributed by atoms with Gasteiger partial charge in [0, 0.05) is 70.6 Å². The van der Waals surface area contributed by atoms with Crippen LogP contribution in [-0.2, 0) is 58.5 Å². The van der Waals surface area contributed by atoms with Crippen LogP contribution in [0.5, 0.6) is 5.88 Å². The molecule has 9 rings (SSSR count). The molecule has 15 nitrogen and oxygen atoms in total.